The van der Waals surface area contributed by atoms with Crippen LogP contribution in [0.15, 0.2) is 23.3 Å². The Morgan fingerprint density at radius 2 is 1.68 bits per heavy atom. The van der Waals surface area contributed by atoms with E-state index in [0.717, 1.165) is 37.0 Å². The number of hydrogen-bond donors (Lipinski definition) is 3. The number of hydrazone groups is 1. The summed E-state index contributed by atoms with van der Waals surface area (Å²) in [6.45, 7) is 3.42. The van der Waals surface area contributed by atoms with Crippen LogP contribution in [0.3, 0.4) is 0 Å². The molecule has 0 aliphatic heterocycles. The second kappa shape index (κ2) is 8.61. The van der Waals surface area contributed by atoms with Crippen LogP contribution >= 0.6 is 11.6 Å². The molecule has 7 nitrogen and oxygen atoms in total. The molecular weight excluding hydrogens is 416 g/mol. The first-order valence-electron chi connectivity index (χ1n) is 10.9. The highest BCUT2D eigenvalue weighted by molar-refractivity contribution is 6.40. The highest BCUT2D eigenvalue weighted by atomic mass is 35.5. The SMILES string of the molecule is CC(CC(=O)NC12CC3CC(CC(C3)C1)C2)=NNC(=O)C(=O)Nc1cccc(Cl)c1C. The Morgan fingerprint density at radius 1 is 1.06 bits per heavy atom. The Labute approximate surface area is 187 Å². The molecule has 1 aromatic rings. The fourth-order valence-corrected chi connectivity index (χ4v) is 6.17. The van der Waals surface area contributed by atoms with Crippen molar-refractivity contribution in [2.75, 3.05) is 5.32 Å². The van der Waals surface area contributed by atoms with Crippen molar-refractivity contribution in [2.24, 2.45) is 22.9 Å². The van der Waals surface area contributed by atoms with Crippen LogP contribution in [-0.2, 0) is 14.4 Å². The van der Waals surface area contributed by atoms with Crippen LogP contribution < -0.4 is 16.1 Å². The van der Waals surface area contributed by atoms with E-state index in [2.05, 4.69) is 21.2 Å². The molecule has 4 aliphatic carbocycles. The van der Waals surface area contributed by atoms with Crippen molar-refractivity contribution in [3.63, 3.8) is 0 Å². The Hall–Kier alpha value is -2.41. The van der Waals surface area contributed by atoms with E-state index >= 15 is 0 Å². The van der Waals surface area contributed by atoms with E-state index in [0.29, 0.717) is 22.0 Å². The van der Waals surface area contributed by atoms with Crippen LogP contribution in [0.1, 0.15) is 57.4 Å². The van der Waals surface area contributed by atoms with Gasteiger partial charge in [0.05, 0.1) is 6.42 Å². The van der Waals surface area contributed by atoms with Crippen molar-refractivity contribution in [3.8, 4) is 0 Å². The van der Waals surface area contributed by atoms with Crippen molar-refractivity contribution < 1.29 is 14.4 Å². The smallest absolute Gasteiger partial charge is 0.329 e. The molecule has 0 atom stereocenters. The monoisotopic (exact) mass is 444 g/mol. The molecule has 4 saturated carbocycles. The molecule has 4 fully saturated rings. The van der Waals surface area contributed by atoms with Crippen LogP contribution in [0.5, 0.6) is 0 Å². The maximum Gasteiger partial charge on any atom is 0.329 e. The Balaban J connectivity index is 1.27. The predicted octanol–water partition coefficient (Wildman–Crippen LogP) is 3.55. The van der Waals surface area contributed by atoms with E-state index in [1.54, 1.807) is 32.0 Å². The molecule has 0 heterocycles. The third-order valence-electron chi connectivity index (χ3n) is 6.93. The predicted molar refractivity (Wildman–Crippen MR) is 120 cm³/mol. The number of carbonyl (C=O) groups is 3. The molecule has 0 radical (unpaired) electrons. The minimum absolute atomic E-state index is 0.0515. The molecule has 166 valence electrons. The lowest BCUT2D eigenvalue weighted by atomic mass is 9.53. The molecule has 0 saturated heterocycles. The molecule has 1 aromatic carbocycles. The highest BCUT2D eigenvalue weighted by Gasteiger charge is 2.51. The third-order valence-corrected chi connectivity index (χ3v) is 7.34. The number of nitrogens with one attached hydrogen (secondary N) is 3. The van der Waals surface area contributed by atoms with E-state index in [-0.39, 0.29) is 17.9 Å². The van der Waals surface area contributed by atoms with Gasteiger partial charge in [0.2, 0.25) is 5.91 Å². The highest BCUT2D eigenvalue weighted by Crippen LogP contribution is 2.55. The minimum Gasteiger partial charge on any atom is -0.350 e. The summed E-state index contributed by atoms with van der Waals surface area (Å²) in [6.07, 6.45) is 7.30. The standard InChI is InChI=1S/C23H29ClN4O3/c1-13(27-28-22(31)21(30)25-19-5-3-4-18(24)14(19)2)6-20(29)26-23-10-15-7-16(11-23)9-17(8-15)12-23/h3-5,15-17H,6-12H2,1-2H3,(H,25,30)(H,26,29)(H,28,31). The van der Waals surface area contributed by atoms with Crippen LogP contribution in [0.4, 0.5) is 5.69 Å². The zero-order valence-corrected chi connectivity index (χ0v) is 18.7. The molecular formula is C23H29ClN4O3. The Morgan fingerprint density at radius 3 is 2.29 bits per heavy atom. The van der Waals surface area contributed by atoms with Gasteiger partial charge < -0.3 is 10.6 Å². The first-order valence-corrected chi connectivity index (χ1v) is 11.3. The first-order chi connectivity index (χ1) is 14.7. The number of rotatable bonds is 5. The van der Waals surface area contributed by atoms with Crippen LogP contribution in [0.2, 0.25) is 5.02 Å². The number of anilines is 1. The number of benzene rings is 1. The number of halogens is 1. The van der Waals surface area contributed by atoms with Crippen LogP contribution in [0, 0.1) is 24.7 Å². The quantitative estimate of drug-likeness (QED) is 0.368. The van der Waals surface area contributed by atoms with Gasteiger partial charge >= 0.3 is 11.8 Å². The van der Waals surface area contributed by atoms with E-state index in [9.17, 15) is 14.4 Å². The molecule has 0 spiro atoms. The molecule has 5 rings (SSSR count). The van der Waals surface area contributed by atoms with Crippen molar-refractivity contribution in [1.82, 2.24) is 10.7 Å². The summed E-state index contributed by atoms with van der Waals surface area (Å²) in [5.74, 6) is 0.434. The lowest BCUT2D eigenvalue weighted by Crippen LogP contribution is -2.60. The van der Waals surface area contributed by atoms with Gasteiger partial charge in [-0.3, -0.25) is 14.4 Å². The molecule has 31 heavy (non-hydrogen) atoms. The molecule has 8 heteroatoms. The summed E-state index contributed by atoms with van der Waals surface area (Å²) < 4.78 is 0. The average Bonchev–Trinajstić information content (AvgIpc) is 2.68. The Kier molecular flexibility index (Phi) is 6.06. The zero-order chi connectivity index (χ0) is 22.2. The molecule has 0 aromatic heterocycles. The molecule has 4 aliphatic rings. The lowest BCUT2D eigenvalue weighted by molar-refractivity contribution is -0.136. The normalized spacial score (nSPS) is 28.9. The summed E-state index contributed by atoms with van der Waals surface area (Å²) in [6, 6.07) is 5.05. The molecule has 3 N–H and O–H groups in total. The molecule has 4 bridgehead atoms. The largest absolute Gasteiger partial charge is 0.350 e. The van der Waals surface area contributed by atoms with E-state index < -0.39 is 11.8 Å². The summed E-state index contributed by atoms with van der Waals surface area (Å²) in [4.78, 5) is 36.8. The van der Waals surface area contributed by atoms with Gasteiger partial charge in [0.25, 0.3) is 0 Å². The number of amides is 3. The fraction of sp³-hybridized carbons (Fsp3) is 0.565. The minimum atomic E-state index is -0.903. The number of carbonyl (C=O) groups excluding carboxylic acids is 3. The molecule has 0 unspecified atom stereocenters. The van der Waals surface area contributed by atoms with Gasteiger partial charge in [0.1, 0.15) is 0 Å². The van der Waals surface area contributed by atoms with Crippen LogP contribution in [-0.4, -0.2) is 29.0 Å². The van der Waals surface area contributed by atoms with Crippen molar-refractivity contribution in [1.29, 1.82) is 0 Å². The fourth-order valence-electron chi connectivity index (χ4n) is 5.99. The number of nitrogens with zero attached hydrogens (tertiary/aromatic N) is 1. The van der Waals surface area contributed by atoms with Crippen LogP contribution in [0.25, 0.3) is 0 Å². The summed E-state index contributed by atoms with van der Waals surface area (Å²) >= 11 is 6.03. The van der Waals surface area contributed by atoms with E-state index in [1.165, 1.54) is 19.3 Å². The third kappa shape index (κ3) is 4.92. The second-order valence-electron chi connectivity index (χ2n) is 9.58. The van der Waals surface area contributed by atoms with Gasteiger partial charge in [-0.2, -0.15) is 5.10 Å². The Bertz CT molecular complexity index is 907. The topological polar surface area (TPSA) is 99.7 Å². The van der Waals surface area contributed by atoms with Crippen molar-refractivity contribution in [2.45, 2.75) is 64.3 Å². The molecule has 3 amide bonds. The lowest BCUT2D eigenvalue weighted by Gasteiger charge is -2.56. The zero-order valence-electron chi connectivity index (χ0n) is 18.0. The van der Waals surface area contributed by atoms with E-state index in [4.69, 9.17) is 11.6 Å². The van der Waals surface area contributed by atoms with Gasteiger partial charge in [0, 0.05) is 22.0 Å². The van der Waals surface area contributed by atoms with Gasteiger partial charge in [0.15, 0.2) is 0 Å². The number of hydrogen-bond acceptors (Lipinski definition) is 4. The van der Waals surface area contributed by atoms with Crippen molar-refractivity contribution in [3.05, 3.63) is 28.8 Å². The van der Waals surface area contributed by atoms with Gasteiger partial charge in [-0.25, -0.2) is 5.43 Å². The van der Waals surface area contributed by atoms with E-state index in [1.807, 2.05) is 0 Å². The van der Waals surface area contributed by atoms with Gasteiger partial charge in [-0.05, 0) is 87.8 Å². The maximum absolute atomic E-state index is 12.6. The summed E-state index contributed by atoms with van der Waals surface area (Å²) in [5, 5.41) is 10.2. The average molecular weight is 445 g/mol. The van der Waals surface area contributed by atoms with Gasteiger partial charge in [-0.15, -0.1) is 0 Å². The first kappa shape index (κ1) is 21.8. The summed E-state index contributed by atoms with van der Waals surface area (Å²) in [7, 11) is 0. The second-order valence-corrected chi connectivity index (χ2v) is 9.98. The van der Waals surface area contributed by atoms with Gasteiger partial charge in [-0.1, -0.05) is 17.7 Å². The van der Waals surface area contributed by atoms with Crippen molar-refractivity contribution >= 4 is 40.7 Å². The summed E-state index contributed by atoms with van der Waals surface area (Å²) in [5.41, 5.74) is 3.75. The maximum atomic E-state index is 12.6.